The summed E-state index contributed by atoms with van der Waals surface area (Å²) in [7, 11) is 0. The van der Waals surface area contributed by atoms with Crippen LogP contribution in [0.5, 0.6) is 0 Å². The minimum atomic E-state index is -0.211. The van der Waals surface area contributed by atoms with Crippen LogP contribution in [-0.4, -0.2) is 30.5 Å². The van der Waals surface area contributed by atoms with Crippen molar-refractivity contribution in [3.8, 4) is 0 Å². The molecule has 3 heteroatoms. The third kappa shape index (κ3) is 6.88. The highest BCUT2D eigenvalue weighted by molar-refractivity contribution is 4.75. The quantitative estimate of drug-likeness (QED) is 0.609. The van der Waals surface area contributed by atoms with Gasteiger partial charge in [-0.15, -0.1) is 0 Å². The van der Waals surface area contributed by atoms with Crippen LogP contribution in [0.2, 0.25) is 0 Å². The summed E-state index contributed by atoms with van der Waals surface area (Å²) in [6.07, 6.45) is 1.99. The molecule has 2 unspecified atom stereocenters. The maximum absolute atomic E-state index is 9.15. The zero-order chi connectivity index (χ0) is 11.8. The lowest BCUT2D eigenvalue weighted by atomic mass is 10.00. The second-order valence-corrected chi connectivity index (χ2v) is 4.95. The SMILES string of the molecule is CC(C)CCCOC(CO)C(N)C(C)C. The van der Waals surface area contributed by atoms with E-state index in [-0.39, 0.29) is 18.8 Å². The standard InChI is InChI=1S/C12H27NO2/c1-9(2)6-5-7-15-11(8-14)12(13)10(3)4/h9-12,14H,5-8,13H2,1-4H3. The molecule has 2 atom stereocenters. The van der Waals surface area contributed by atoms with Crippen LogP contribution >= 0.6 is 0 Å². The summed E-state index contributed by atoms with van der Waals surface area (Å²) < 4.78 is 5.59. The monoisotopic (exact) mass is 217 g/mol. The van der Waals surface area contributed by atoms with Gasteiger partial charge in [0.2, 0.25) is 0 Å². The molecule has 0 aliphatic carbocycles. The normalized spacial score (nSPS) is 16.0. The first kappa shape index (κ1) is 14.9. The molecule has 3 nitrogen and oxygen atoms in total. The number of nitrogens with two attached hydrogens (primary N) is 1. The summed E-state index contributed by atoms with van der Waals surface area (Å²) in [6, 6.07) is -0.0750. The van der Waals surface area contributed by atoms with Gasteiger partial charge in [-0.3, -0.25) is 0 Å². The average molecular weight is 217 g/mol. The molecule has 0 aliphatic heterocycles. The Hall–Kier alpha value is -0.120. The summed E-state index contributed by atoms with van der Waals surface area (Å²) in [5.74, 6) is 1.05. The van der Waals surface area contributed by atoms with E-state index in [0.717, 1.165) is 12.8 Å². The molecule has 0 amide bonds. The topological polar surface area (TPSA) is 55.5 Å². The predicted octanol–water partition coefficient (Wildman–Crippen LogP) is 1.78. The third-order valence-corrected chi connectivity index (χ3v) is 2.64. The average Bonchev–Trinajstić information content (AvgIpc) is 2.16. The lowest BCUT2D eigenvalue weighted by Gasteiger charge is -2.25. The molecule has 0 aromatic rings. The molecule has 92 valence electrons. The smallest absolute Gasteiger partial charge is 0.0958 e. The van der Waals surface area contributed by atoms with Gasteiger partial charge < -0.3 is 15.6 Å². The van der Waals surface area contributed by atoms with E-state index in [0.29, 0.717) is 18.4 Å². The number of hydrogen-bond donors (Lipinski definition) is 2. The molecule has 0 heterocycles. The Labute approximate surface area is 94.0 Å². The second-order valence-electron chi connectivity index (χ2n) is 4.95. The van der Waals surface area contributed by atoms with Crippen LogP contribution in [0.15, 0.2) is 0 Å². The Morgan fingerprint density at radius 1 is 1.20 bits per heavy atom. The van der Waals surface area contributed by atoms with Gasteiger partial charge >= 0.3 is 0 Å². The van der Waals surface area contributed by atoms with Gasteiger partial charge in [0.15, 0.2) is 0 Å². The van der Waals surface area contributed by atoms with Crippen LogP contribution in [-0.2, 0) is 4.74 Å². The third-order valence-electron chi connectivity index (χ3n) is 2.64. The maximum atomic E-state index is 9.15. The minimum absolute atomic E-state index is 0.0149. The van der Waals surface area contributed by atoms with Gasteiger partial charge in [-0.05, 0) is 24.7 Å². The van der Waals surface area contributed by atoms with Crippen LogP contribution < -0.4 is 5.73 Å². The molecule has 0 spiro atoms. The number of rotatable bonds is 8. The number of aliphatic hydroxyl groups excluding tert-OH is 1. The molecular weight excluding hydrogens is 190 g/mol. The van der Waals surface area contributed by atoms with Crippen molar-refractivity contribution in [1.82, 2.24) is 0 Å². The van der Waals surface area contributed by atoms with E-state index >= 15 is 0 Å². The van der Waals surface area contributed by atoms with Gasteiger partial charge in [-0.1, -0.05) is 27.7 Å². The maximum Gasteiger partial charge on any atom is 0.0958 e. The molecule has 0 aromatic carbocycles. The van der Waals surface area contributed by atoms with E-state index in [1.54, 1.807) is 0 Å². The van der Waals surface area contributed by atoms with Gasteiger partial charge in [-0.2, -0.15) is 0 Å². The Morgan fingerprint density at radius 2 is 1.80 bits per heavy atom. The van der Waals surface area contributed by atoms with Crippen molar-refractivity contribution in [3.05, 3.63) is 0 Å². The minimum Gasteiger partial charge on any atom is -0.394 e. The molecule has 0 saturated heterocycles. The zero-order valence-electron chi connectivity index (χ0n) is 10.6. The second kappa shape index (κ2) is 8.08. The van der Waals surface area contributed by atoms with E-state index in [1.807, 2.05) is 13.8 Å². The van der Waals surface area contributed by atoms with E-state index in [9.17, 15) is 0 Å². The van der Waals surface area contributed by atoms with Crippen molar-refractivity contribution in [1.29, 1.82) is 0 Å². The fraction of sp³-hybridized carbons (Fsp3) is 1.00. The number of ether oxygens (including phenoxy) is 1. The van der Waals surface area contributed by atoms with Crippen LogP contribution in [0.1, 0.15) is 40.5 Å². The van der Waals surface area contributed by atoms with Gasteiger partial charge in [0.1, 0.15) is 0 Å². The summed E-state index contributed by atoms with van der Waals surface area (Å²) in [5, 5.41) is 9.15. The van der Waals surface area contributed by atoms with Gasteiger partial charge in [0, 0.05) is 12.6 Å². The molecule has 0 saturated carbocycles. The van der Waals surface area contributed by atoms with E-state index in [1.165, 1.54) is 0 Å². The molecule has 0 radical (unpaired) electrons. The van der Waals surface area contributed by atoms with Crippen molar-refractivity contribution in [2.24, 2.45) is 17.6 Å². The summed E-state index contributed by atoms with van der Waals surface area (Å²) in [6.45, 7) is 9.20. The van der Waals surface area contributed by atoms with Crippen molar-refractivity contribution in [2.45, 2.75) is 52.7 Å². The number of hydrogen-bond acceptors (Lipinski definition) is 3. The summed E-state index contributed by atoms with van der Waals surface area (Å²) >= 11 is 0. The van der Waals surface area contributed by atoms with E-state index < -0.39 is 0 Å². The van der Waals surface area contributed by atoms with Crippen LogP contribution in [0.25, 0.3) is 0 Å². The highest BCUT2D eigenvalue weighted by Crippen LogP contribution is 2.09. The van der Waals surface area contributed by atoms with Crippen LogP contribution in [0.3, 0.4) is 0 Å². The van der Waals surface area contributed by atoms with Crippen molar-refractivity contribution >= 4 is 0 Å². The van der Waals surface area contributed by atoms with Crippen molar-refractivity contribution in [3.63, 3.8) is 0 Å². The van der Waals surface area contributed by atoms with Gasteiger partial charge in [-0.25, -0.2) is 0 Å². The zero-order valence-corrected chi connectivity index (χ0v) is 10.6. The molecule has 3 N–H and O–H groups in total. The molecule has 0 rings (SSSR count). The van der Waals surface area contributed by atoms with Gasteiger partial charge in [0.25, 0.3) is 0 Å². The molecule has 0 fully saturated rings. The van der Waals surface area contributed by atoms with Crippen molar-refractivity contribution < 1.29 is 9.84 Å². The predicted molar refractivity (Wildman–Crippen MR) is 63.7 cm³/mol. The Kier molecular flexibility index (Phi) is 8.02. The highest BCUT2D eigenvalue weighted by atomic mass is 16.5. The summed E-state index contributed by atoms with van der Waals surface area (Å²) in [5.41, 5.74) is 5.93. The fourth-order valence-corrected chi connectivity index (χ4v) is 1.44. The lowest BCUT2D eigenvalue weighted by Crippen LogP contribution is -2.43. The molecule has 0 aliphatic rings. The van der Waals surface area contributed by atoms with Crippen LogP contribution in [0.4, 0.5) is 0 Å². The Bertz CT molecular complexity index is 149. The van der Waals surface area contributed by atoms with E-state index in [4.69, 9.17) is 15.6 Å². The summed E-state index contributed by atoms with van der Waals surface area (Å²) in [4.78, 5) is 0. The highest BCUT2D eigenvalue weighted by Gasteiger charge is 2.20. The van der Waals surface area contributed by atoms with Crippen LogP contribution in [0, 0.1) is 11.8 Å². The fourth-order valence-electron chi connectivity index (χ4n) is 1.44. The Balaban J connectivity index is 3.70. The van der Waals surface area contributed by atoms with Crippen molar-refractivity contribution in [2.75, 3.05) is 13.2 Å². The number of aliphatic hydroxyl groups is 1. The molecule has 0 bridgehead atoms. The first-order valence-electron chi connectivity index (χ1n) is 5.97. The first-order valence-corrected chi connectivity index (χ1v) is 5.97. The lowest BCUT2D eigenvalue weighted by molar-refractivity contribution is -0.0130. The molecule has 0 aromatic heterocycles. The van der Waals surface area contributed by atoms with Gasteiger partial charge in [0.05, 0.1) is 12.7 Å². The first-order chi connectivity index (χ1) is 6.99. The largest absolute Gasteiger partial charge is 0.394 e. The van der Waals surface area contributed by atoms with E-state index in [2.05, 4.69) is 13.8 Å². The molecular formula is C12H27NO2. The Morgan fingerprint density at radius 3 is 2.20 bits per heavy atom. The molecule has 15 heavy (non-hydrogen) atoms.